The summed E-state index contributed by atoms with van der Waals surface area (Å²) >= 11 is 0. The van der Waals surface area contributed by atoms with E-state index in [9.17, 15) is 0 Å². The maximum atomic E-state index is 5.41. The highest BCUT2D eigenvalue weighted by molar-refractivity contribution is 5.79. The van der Waals surface area contributed by atoms with Crippen LogP contribution in [-0.2, 0) is 11.3 Å². The molecule has 1 rings (SSSR count). The Labute approximate surface area is 120 Å². The van der Waals surface area contributed by atoms with Crippen molar-refractivity contribution in [2.75, 3.05) is 27.4 Å². The van der Waals surface area contributed by atoms with Gasteiger partial charge in [0.15, 0.2) is 5.96 Å². The van der Waals surface area contributed by atoms with E-state index in [4.69, 9.17) is 9.47 Å². The average Bonchev–Trinajstić information content (AvgIpc) is 2.44. The van der Waals surface area contributed by atoms with Crippen LogP contribution in [0.5, 0.6) is 5.88 Å². The van der Waals surface area contributed by atoms with Crippen LogP contribution in [0.15, 0.2) is 23.3 Å². The van der Waals surface area contributed by atoms with Gasteiger partial charge in [-0.2, -0.15) is 0 Å². The molecule has 0 aliphatic heterocycles. The topological polar surface area (TPSA) is 67.8 Å². The lowest BCUT2D eigenvalue weighted by Gasteiger charge is -2.14. The maximum absolute atomic E-state index is 5.41. The van der Waals surface area contributed by atoms with Gasteiger partial charge in [-0.3, -0.25) is 4.99 Å². The Bertz CT molecular complexity index is 404. The molecule has 0 atom stereocenters. The van der Waals surface area contributed by atoms with E-state index in [-0.39, 0.29) is 0 Å². The zero-order valence-electron chi connectivity index (χ0n) is 12.6. The van der Waals surface area contributed by atoms with Gasteiger partial charge in [-0.15, -0.1) is 0 Å². The van der Waals surface area contributed by atoms with Gasteiger partial charge in [0.25, 0.3) is 0 Å². The normalized spacial score (nSPS) is 11.6. The fourth-order valence-electron chi connectivity index (χ4n) is 1.48. The van der Waals surface area contributed by atoms with Crippen molar-refractivity contribution in [3.63, 3.8) is 0 Å². The average molecular weight is 280 g/mol. The van der Waals surface area contributed by atoms with Gasteiger partial charge in [-0.25, -0.2) is 4.98 Å². The number of hydrogen-bond acceptors (Lipinski definition) is 4. The van der Waals surface area contributed by atoms with Gasteiger partial charge < -0.3 is 20.1 Å². The summed E-state index contributed by atoms with van der Waals surface area (Å²) in [6, 6.07) is 4.17. The van der Waals surface area contributed by atoms with Crippen molar-refractivity contribution < 1.29 is 9.47 Å². The van der Waals surface area contributed by atoms with Crippen LogP contribution in [0.3, 0.4) is 0 Å². The molecule has 0 bridgehead atoms. The Kier molecular flexibility index (Phi) is 7.42. The molecule has 0 spiro atoms. The molecule has 0 fully saturated rings. The van der Waals surface area contributed by atoms with Gasteiger partial charge in [-0.05, 0) is 19.4 Å². The Morgan fingerprint density at radius 1 is 1.35 bits per heavy atom. The fourth-order valence-corrected chi connectivity index (χ4v) is 1.48. The van der Waals surface area contributed by atoms with Gasteiger partial charge in [0.05, 0.1) is 6.61 Å². The van der Waals surface area contributed by atoms with Crippen LogP contribution in [0.2, 0.25) is 0 Å². The Balaban J connectivity index is 2.41. The zero-order chi connectivity index (χ0) is 14.8. The Hall–Kier alpha value is -1.82. The predicted molar refractivity (Wildman–Crippen MR) is 80.1 cm³/mol. The lowest BCUT2D eigenvalue weighted by Crippen LogP contribution is -2.40. The molecular weight excluding hydrogens is 256 g/mol. The third-order valence-corrected chi connectivity index (χ3v) is 2.44. The van der Waals surface area contributed by atoms with Gasteiger partial charge in [0, 0.05) is 39.0 Å². The van der Waals surface area contributed by atoms with E-state index in [0.29, 0.717) is 31.7 Å². The molecule has 0 unspecified atom stereocenters. The Morgan fingerprint density at radius 2 is 2.15 bits per heavy atom. The minimum absolute atomic E-state index is 0.343. The zero-order valence-corrected chi connectivity index (χ0v) is 12.6. The van der Waals surface area contributed by atoms with Crippen LogP contribution in [0.1, 0.15) is 19.4 Å². The van der Waals surface area contributed by atoms with Crippen LogP contribution in [0.25, 0.3) is 0 Å². The van der Waals surface area contributed by atoms with Crippen molar-refractivity contribution in [2.45, 2.75) is 26.4 Å². The minimum atomic E-state index is 0.343. The first-order chi connectivity index (χ1) is 9.65. The molecule has 2 N–H and O–H groups in total. The Morgan fingerprint density at radius 3 is 2.70 bits per heavy atom. The lowest BCUT2D eigenvalue weighted by atomic mass is 10.3. The minimum Gasteiger partial charge on any atom is -0.475 e. The van der Waals surface area contributed by atoms with Crippen molar-refractivity contribution in [1.82, 2.24) is 15.6 Å². The molecule has 0 aromatic carbocycles. The van der Waals surface area contributed by atoms with Gasteiger partial charge in [0.2, 0.25) is 5.88 Å². The molecule has 6 heteroatoms. The van der Waals surface area contributed by atoms with E-state index in [1.54, 1.807) is 20.4 Å². The molecule has 0 aliphatic rings. The molecule has 112 valence electrons. The molecule has 6 nitrogen and oxygen atoms in total. The molecule has 20 heavy (non-hydrogen) atoms. The van der Waals surface area contributed by atoms with Crippen LogP contribution < -0.4 is 15.4 Å². The number of rotatable bonds is 7. The summed E-state index contributed by atoms with van der Waals surface area (Å²) in [6.07, 6.45) is 1.79. The summed E-state index contributed by atoms with van der Waals surface area (Å²) in [6.45, 7) is 5.87. The van der Waals surface area contributed by atoms with E-state index in [2.05, 4.69) is 34.5 Å². The molecule has 0 amide bonds. The largest absolute Gasteiger partial charge is 0.475 e. The summed E-state index contributed by atoms with van der Waals surface area (Å²) in [5, 5.41) is 6.45. The van der Waals surface area contributed by atoms with Gasteiger partial charge in [0.1, 0.15) is 6.61 Å². The van der Waals surface area contributed by atoms with Crippen molar-refractivity contribution >= 4 is 5.96 Å². The maximum Gasteiger partial charge on any atom is 0.213 e. The van der Waals surface area contributed by atoms with Gasteiger partial charge in [-0.1, -0.05) is 6.07 Å². The molecule has 0 saturated carbocycles. The first-order valence-corrected chi connectivity index (χ1v) is 6.69. The second-order valence-corrected chi connectivity index (χ2v) is 4.57. The summed E-state index contributed by atoms with van der Waals surface area (Å²) in [5.74, 6) is 1.39. The highest BCUT2D eigenvalue weighted by Crippen LogP contribution is 2.07. The van der Waals surface area contributed by atoms with Crippen molar-refractivity contribution in [2.24, 2.45) is 4.99 Å². The molecule has 0 saturated heterocycles. The van der Waals surface area contributed by atoms with Crippen molar-refractivity contribution in [1.29, 1.82) is 0 Å². The standard InChI is InChI=1S/C14H24N4O2/c1-11(2)18-14(15-3)17-10-12-5-6-13(16-9-12)20-8-7-19-4/h5-6,9,11H,7-8,10H2,1-4H3,(H2,15,17,18). The second kappa shape index (κ2) is 9.14. The van der Waals surface area contributed by atoms with E-state index >= 15 is 0 Å². The van der Waals surface area contributed by atoms with Crippen LogP contribution >= 0.6 is 0 Å². The smallest absolute Gasteiger partial charge is 0.213 e. The number of aliphatic imine (C=N–C) groups is 1. The van der Waals surface area contributed by atoms with E-state index in [1.807, 2.05) is 12.1 Å². The SMILES string of the molecule is CN=C(NCc1ccc(OCCOC)nc1)NC(C)C. The molecule has 1 heterocycles. The number of aromatic nitrogens is 1. The highest BCUT2D eigenvalue weighted by Gasteiger charge is 2.01. The first-order valence-electron chi connectivity index (χ1n) is 6.69. The summed E-state index contributed by atoms with van der Waals surface area (Å²) in [5.41, 5.74) is 1.07. The summed E-state index contributed by atoms with van der Waals surface area (Å²) in [4.78, 5) is 8.38. The predicted octanol–water partition coefficient (Wildman–Crippen LogP) is 1.18. The van der Waals surface area contributed by atoms with Crippen molar-refractivity contribution in [3.8, 4) is 5.88 Å². The number of nitrogens with one attached hydrogen (secondary N) is 2. The molecular formula is C14H24N4O2. The monoisotopic (exact) mass is 280 g/mol. The lowest BCUT2D eigenvalue weighted by molar-refractivity contribution is 0.143. The fraction of sp³-hybridized carbons (Fsp3) is 0.571. The number of ether oxygens (including phenoxy) is 2. The number of pyridine rings is 1. The highest BCUT2D eigenvalue weighted by atomic mass is 16.5. The first kappa shape index (κ1) is 16.2. The van der Waals surface area contributed by atoms with E-state index in [1.165, 1.54) is 0 Å². The van der Waals surface area contributed by atoms with Crippen LogP contribution in [-0.4, -0.2) is 44.4 Å². The third kappa shape index (κ3) is 6.38. The molecule has 1 aromatic rings. The van der Waals surface area contributed by atoms with Gasteiger partial charge >= 0.3 is 0 Å². The number of guanidine groups is 1. The van der Waals surface area contributed by atoms with Crippen LogP contribution in [0, 0.1) is 0 Å². The third-order valence-electron chi connectivity index (χ3n) is 2.44. The molecule has 0 aliphatic carbocycles. The number of methoxy groups -OCH3 is 1. The second-order valence-electron chi connectivity index (χ2n) is 4.57. The molecule has 0 radical (unpaired) electrons. The molecule has 1 aromatic heterocycles. The summed E-state index contributed by atoms with van der Waals surface area (Å²) < 4.78 is 10.3. The van der Waals surface area contributed by atoms with E-state index in [0.717, 1.165) is 11.5 Å². The summed E-state index contributed by atoms with van der Waals surface area (Å²) in [7, 11) is 3.40. The van der Waals surface area contributed by atoms with Crippen molar-refractivity contribution in [3.05, 3.63) is 23.9 Å². The quantitative estimate of drug-likeness (QED) is 0.446. The number of hydrogen-bond donors (Lipinski definition) is 2. The number of nitrogens with zero attached hydrogens (tertiary/aromatic N) is 2. The van der Waals surface area contributed by atoms with E-state index < -0.39 is 0 Å². The van der Waals surface area contributed by atoms with Crippen LogP contribution in [0.4, 0.5) is 0 Å².